The molecule has 0 radical (unpaired) electrons. The first-order valence-electron chi connectivity index (χ1n) is 20.0. The van der Waals surface area contributed by atoms with Gasteiger partial charge in [0, 0.05) is 16.3 Å². The third-order valence-electron chi connectivity index (χ3n) is 8.34. The second-order valence-electron chi connectivity index (χ2n) is 10.8. The minimum Gasteiger partial charge on any atom is -0.455 e. The molecule has 0 fully saturated rings. The zero-order valence-corrected chi connectivity index (χ0v) is 23.7. The first kappa shape index (κ1) is 16.8. The van der Waals surface area contributed by atoms with Crippen molar-refractivity contribution in [2.24, 2.45) is 0 Å². The fraction of sp³-hybridized carbons (Fsp3) is 0. The number of benzene rings is 8. The van der Waals surface area contributed by atoms with Crippen LogP contribution in [0.1, 0.15) is 15.1 Å². The Bertz CT molecular complexity index is 3050. The predicted molar refractivity (Wildman–Crippen MR) is 190 cm³/mol. The summed E-state index contributed by atoms with van der Waals surface area (Å²) in [6.07, 6.45) is 0. The lowest BCUT2D eigenvalue weighted by atomic mass is 9.84. The van der Waals surface area contributed by atoms with E-state index in [1.807, 2.05) is 66.7 Å². The Morgan fingerprint density at radius 1 is 0.378 bits per heavy atom. The predicted octanol–water partition coefficient (Wildman–Crippen LogP) is 12.6. The maximum Gasteiger partial charge on any atom is 0.143 e. The third kappa shape index (κ3) is 4.09. The van der Waals surface area contributed by atoms with E-state index in [0.717, 1.165) is 33.0 Å². The Kier molecular flexibility index (Phi) is 3.87. The molecule has 0 atom stereocenters. The highest BCUT2D eigenvalue weighted by atomic mass is 16.3. The van der Waals surface area contributed by atoms with Gasteiger partial charge >= 0.3 is 0 Å². The summed E-state index contributed by atoms with van der Waals surface area (Å²) in [5.41, 5.74) is 3.62. The molecule has 0 saturated heterocycles. The minimum absolute atomic E-state index is 0.0446. The first-order valence-corrected chi connectivity index (χ1v) is 14.5. The average molecular weight is 584 g/mol. The Labute approximate surface area is 277 Å². The highest BCUT2D eigenvalue weighted by Gasteiger charge is 2.22. The number of fused-ring (bicyclic) bond motifs is 5. The molecule has 1 nitrogen and oxygen atoms in total. The Hall–Kier alpha value is -5.92. The molecule has 0 saturated carbocycles. The molecule has 9 aromatic rings. The van der Waals surface area contributed by atoms with E-state index in [9.17, 15) is 2.74 Å². The molecule has 0 aliphatic rings. The highest BCUT2D eigenvalue weighted by molar-refractivity contribution is 6.26. The van der Waals surface area contributed by atoms with E-state index in [2.05, 4.69) is 36.4 Å². The second kappa shape index (κ2) is 10.4. The van der Waals surface area contributed by atoms with Gasteiger partial charge < -0.3 is 4.42 Å². The van der Waals surface area contributed by atoms with E-state index >= 15 is 0 Å². The van der Waals surface area contributed by atoms with Gasteiger partial charge in [0.05, 0.1) is 15.1 Å². The molecule has 0 bridgehead atoms. The molecular weight excluding hydrogens is 544 g/mol. The quantitative estimate of drug-likeness (QED) is 0.188. The number of furan rings is 1. The van der Waals surface area contributed by atoms with E-state index in [4.69, 9.17) is 16.8 Å². The van der Waals surface area contributed by atoms with Gasteiger partial charge in [-0.3, -0.25) is 0 Å². The number of rotatable bonds is 4. The molecule has 0 amide bonds. The van der Waals surface area contributed by atoms with Gasteiger partial charge in [0.15, 0.2) is 0 Å². The van der Waals surface area contributed by atoms with Crippen LogP contribution in [0.25, 0.3) is 88.0 Å². The van der Waals surface area contributed by atoms with Crippen LogP contribution >= 0.6 is 0 Å². The standard InChI is InChI=1S/C44H28O/c1-3-13-29(14-4-1)30-23-25-32(26-24-30)41-34-17-7-9-19-36(34)42(37-20-10-8-18-35(37)41)39-28-27-33(31-15-5-2-6-16-31)44-43(39)38-21-11-12-22-40(38)45-44/h1-28H/i2D,5D,6D,11D,12D,15D,16D,21D,22D,27D,28D. The molecule has 45 heavy (non-hydrogen) atoms. The molecule has 0 unspecified atom stereocenters. The fourth-order valence-electron chi connectivity index (χ4n) is 6.39. The molecule has 1 aromatic heterocycles. The van der Waals surface area contributed by atoms with Crippen LogP contribution in [-0.4, -0.2) is 0 Å². The van der Waals surface area contributed by atoms with Gasteiger partial charge in [0.2, 0.25) is 0 Å². The van der Waals surface area contributed by atoms with Crippen molar-refractivity contribution in [2.75, 3.05) is 0 Å². The molecule has 8 aromatic carbocycles. The van der Waals surface area contributed by atoms with Crippen molar-refractivity contribution in [3.63, 3.8) is 0 Å². The van der Waals surface area contributed by atoms with Crippen molar-refractivity contribution < 1.29 is 19.5 Å². The first-order chi connectivity index (χ1) is 26.9. The number of hydrogen-bond acceptors (Lipinski definition) is 1. The number of hydrogen-bond donors (Lipinski definition) is 0. The van der Waals surface area contributed by atoms with Gasteiger partial charge in [-0.05, 0) is 72.6 Å². The van der Waals surface area contributed by atoms with Gasteiger partial charge in [-0.25, -0.2) is 0 Å². The molecule has 9 rings (SSSR count). The lowest BCUT2D eigenvalue weighted by Crippen LogP contribution is -1.92. The van der Waals surface area contributed by atoms with Gasteiger partial charge in [-0.15, -0.1) is 0 Å². The monoisotopic (exact) mass is 583 g/mol. The van der Waals surface area contributed by atoms with E-state index in [1.165, 1.54) is 0 Å². The Morgan fingerprint density at radius 3 is 1.60 bits per heavy atom. The van der Waals surface area contributed by atoms with Gasteiger partial charge in [0.25, 0.3) is 0 Å². The maximum atomic E-state index is 9.73. The molecule has 0 aliphatic carbocycles. The van der Waals surface area contributed by atoms with Gasteiger partial charge in [0.1, 0.15) is 11.2 Å². The van der Waals surface area contributed by atoms with E-state index in [-0.39, 0.29) is 44.7 Å². The summed E-state index contributed by atoms with van der Waals surface area (Å²) in [5.74, 6) is 0. The fourth-order valence-corrected chi connectivity index (χ4v) is 6.39. The summed E-state index contributed by atoms with van der Waals surface area (Å²) in [4.78, 5) is 0. The largest absolute Gasteiger partial charge is 0.455 e. The van der Waals surface area contributed by atoms with Gasteiger partial charge in [-0.1, -0.05) is 158 Å². The SMILES string of the molecule is [2H]c1c([2H])c([2H])c(-c2c([2H])c([2H])c(-c3c4ccccc4c(-c4ccc(-c5ccccc5)cc4)c4ccccc34)c3c2oc2c([2H])c([2H])c([2H])c([2H])c23)c([2H])c1[2H]. The van der Waals surface area contributed by atoms with E-state index < -0.39 is 60.4 Å². The van der Waals surface area contributed by atoms with Crippen molar-refractivity contribution in [3.8, 4) is 44.5 Å². The maximum absolute atomic E-state index is 9.73. The Morgan fingerprint density at radius 2 is 0.911 bits per heavy atom. The molecule has 210 valence electrons. The van der Waals surface area contributed by atoms with Crippen LogP contribution in [0, 0.1) is 0 Å². The summed E-state index contributed by atoms with van der Waals surface area (Å²) in [6, 6.07) is 27.7. The summed E-state index contributed by atoms with van der Waals surface area (Å²) >= 11 is 0. The van der Waals surface area contributed by atoms with Crippen LogP contribution in [0.2, 0.25) is 0 Å². The lowest BCUT2D eigenvalue weighted by Gasteiger charge is -2.19. The topological polar surface area (TPSA) is 13.1 Å². The van der Waals surface area contributed by atoms with Crippen molar-refractivity contribution in [1.82, 2.24) is 0 Å². The molecule has 0 aliphatic heterocycles. The third-order valence-corrected chi connectivity index (χ3v) is 8.34. The van der Waals surface area contributed by atoms with Crippen LogP contribution in [0.5, 0.6) is 0 Å². The normalized spacial score (nSPS) is 15.0. The Balaban J connectivity index is 1.47. The number of para-hydroxylation sites is 1. The van der Waals surface area contributed by atoms with E-state index in [0.29, 0.717) is 16.3 Å². The molecular formula is C44H28O. The minimum atomic E-state index is -0.645. The second-order valence-corrected chi connectivity index (χ2v) is 10.8. The van der Waals surface area contributed by atoms with Gasteiger partial charge in [-0.2, -0.15) is 0 Å². The van der Waals surface area contributed by atoms with Crippen molar-refractivity contribution >= 4 is 43.5 Å². The average Bonchev–Trinajstić information content (AvgIpc) is 3.62. The summed E-state index contributed by atoms with van der Waals surface area (Å²) in [7, 11) is 0. The molecule has 1 heterocycles. The van der Waals surface area contributed by atoms with Crippen molar-refractivity contribution in [2.45, 2.75) is 0 Å². The summed E-state index contributed by atoms with van der Waals surface area (Å²) in [5, 5.41) is 3.10. The van der Waals surface area contributed by atoms with Crippen LogP contribution in [0.15, 0.2) is 174 Å². The van der Waals surface area contributed by atoms with Crippen molar-refractivity contribution in [1.29, 1.82) is 0 Å². The van der Waals surface area contributed by atoms with Crippen LogP contribution < -0.4 is 0 Å². The van der Waals surface area contributed by atoms with Crippen LogP contribution in [0.4, 0.5) is 0 Å². The highest BCUT2D eigenvalue weighted by Crippen LogP contribution is 2.48. The molecule has 0 spiro atoms. The van der Waals surface area contributed by atoms with Crippen LogP contribution in [0.3, 0.4) is 0 Å². The zero-order valence-electron chi connectivity index (χ0n) is 34.7. The van der Waals surface area contributed by atoms with Crippen molar-refractivity contribution in [3.05, 3.63) is 170 Å². The molecule has 0 N–H and O–H groups in total. The zero-order chi connectivity index (χ0) is 39.3. The molecule has 1 heteroatoms. The summed E-state index contributed by atoms with van der Waals surface area (Å²) in [6.45, 7) is 0. The lowest BCUT2D eigenvalue weighted by molar-refractivity contribution is 0.670. The van der Waals surface area contributed by atoms with E-state index in [1.54, 1.807) is 0 Å². The smallest absolute Gasteiger partial charge is 0.143 e. The summed E-state index contributed by atoms with van der Waals surface area (Å²) < 4.78 is 103. The van der Waals surface area contributed by atoms with Crippen LogP contribution in [-0.2, 0) is 0 Å².